The van der Waals surface area contributed by atoms with Gasteiger partial charge < -0.3 is 20.4 Å². The van der Waals surface area contributed by atoms with E-state index in [1.807, 2.05) is 0 Å². The van der Waals surface area contributed by atoms with E-state index in [4.69, 9.17) is 4.74 Å². The van der Waals surface area contributed by atoms with Crippen LogP contribution in [0, 0.1) is 5.92 Å². The highest BCUT2D eigenvalue weighted by Crippen LogP contribution is 2.28. The molecule has 7 nitrogen and oxygen atoms in total. The Bertz CT molecular complexity index is 765. The number of H-pyrrole nitrogens is 1. The standard InChI is InChI=1S/C19H26N4O3/c1-26-9-8-20-19(25)16-12-22-18-15(16)10-14(11-21-18)23-17(24)7-6-13-4-2-3-5-13/h10-13H,2-9H2,1H3,(H,20,25)(H,21,22)(H,23,24). The third kappa shape index (κ3) is 4.60. The maximum absolute atomic E-state index is 12.3. The maximum Gasteiger partial charge on any atom is 0.253 e. The second kappa shape index (κ2) is 8.80. The number of hydrogen-bond acceptors (Lipinski definition) is 4. The van der Waals surface area contributed by atoms with Crippen LogP contribution in [0.1, 0.15) is 48.9 Å². The van der Waals surface area contributed by atoms with Crippen LogP contribution < -0.4 is 10.6 Å². The molecule has 0 aromatic carbocycles. The van der Waals surface area contributed by atoms with Crippen LogP contribution in [-0.4, -0.2) is 42.0 Å². The highest BCUT2D eigenvalue weighted by molar-refractivity contribution is 6.07. The van der Waals surface area contributed by atoms with Crippen LogP contribution in [0.4, 0.5) is 5.69 Å². The van der Waals surface area contributed by atoms with E-state index in [9.17, 15) is 9.59 Å². The van der Waals surface area contributed by atoms with Gasteiger partial charge in [0.25, 0.3) is 5.91 Å². The number of carbonyl (C=O) groups excluding carboxylic acids is 2. The van der Waals surface area contributed by atoms with Crippen molar-refractivity contribution in [3.8, 4) is 0 Å². The maximum atomic E-state index is 12.3. The van der Waals surface area contributed by atoms with Crippen LogP contribution in [0.5, 0.6) is 0 Å². The second-order valence-corrected chi connectivity index (χ2v) is 6.81. The number of amides is 2. The number of nitrogens with one attached hydrogen (secondary N) is 3. The van der Waals surface area contributed by atoms with Gasteiger partial charge in [-0.1, -0.05) is 25.7 Å². The molecule has 140 valence electrons. The Labute approximate surface area is 152 Å². The minimum Gasteiger partial charge on any atom is -0.383 e. The van der Waals surface area contributed by atoms with Crippen LogP contribution in [0.3, 0.4) is 0 Å². The van der Waals surface area contributed by atoms with Gasteiger partial charge in [0.05, 0.1) is 24.1 Å². The molecule has 1 aliphatic rings. The van der Waals surface area contributed by atoms with Crippen molar-refractivity contribution in [1.82, 2.24) is 15.3 Å². The van der Waals surface area contributed by atoms with E-state index in [0.29, 0.717) is 47.8 Å². The fourth-order valence-corrected chi connectivity index (χ4v) is 3.48. The third-order valence-electron chi connectivity index (χ3n) is 4.91. The molecule has 0 aliphatic heterocycles. The summed E-state index contributed by atoms with van der Waals surface area (Å²) >= 11 is 0. The molecule has 0 atom stereocenters. The van der Waals surface area contributed by atoms with E-state index in [2.05, 4.69) is 20.6 Å². The van der Waals surface area contributed by atoms with Crippen molar-refractivity contribution < 1.29 is 14.3 Å². The summed E-state index contributed by atoms with van der Waals surface area (Å²) in [6, 6.07) is 1.79. The Kier molecular flexibility index (Phi) is 6.22. The molecule has 2 aromatic heterocycles. The van der Waals surface area contributed by atoms with Gasteiger partial charge in [0.1, 0.15) is 5.65 Å². The number of rotatable bonds is 8. The van der Waals surface area contributed by atoms with Crippen LogP contribution in [0.2, 0.25) is 0 Å². The highest BCUT2D eigenvalue weighted by Gasteiger charge is 2.17. The molecular formula is C19H26N4O3. The molecule has 2 heterocycles. The van der Waals surface area contributed by atoms with Crippen LogP contribution in [-0.2, 0) is 9.53 Å². The Morgan fingerprint density at radius 2 is 2.15 bits per heavy atom. The van der Waals surface area contributed by atoms with E-state index in [-0.39, 0.29) is 11.8 Å². The van der Waals surface area contributed by atoms with Gasteiger partial charge in [0.2, 0.25) is 5.91 Å². The molecular weight excluding hydrogens is 332 g/mol. The van der Waals surface area contributed by atoms with E-state index in [1.54, 1.807) is 25.6 Å². The number of aromatic nitrogens is 2. The number of carbonyl (C=O) groups is 2. The largest absolute Gasteiger partial charge is 0.383 e. The number of fused-ring (bicyclic) bond motifs is 1. The molecule has 0 saturated heterocycles. The first-order valence-electron chi connectivity index (χ1n) is 9.21. The number of methoxy groups -OCH3 is 1. The molecule has 3 rings (SSSR count). The van der Waals surface area contributed by atoms with E-state index >= 15 is 0 Å². The molecule has 2 amide bonds. The third-order valence-corrected chi connectivity index (χ3v) is 4.91. The number of anilines is 1. The van der Waals surface area contributed by atoms with Crippen LogP contribution >= 0.6 is 0 Å². The smallest absolute Gasteiger partial charge is 0.253 e. The molecule has 0 spiro atoms. The van der Waals surface area contributed by atoms with E-state index < -0.39 is 0 Å². The van der Waals surface area contributed by atoms with Gasteiger partial charge in [0, 0.05) is 31.7 Å². The van der Waals surface area contributed by atoms with E-state index in [1.165, 1.54) is 25.7 Å². The molecule has 7 heteroatoms. The van der Waals surface area contributed by atoms with Crippen molar-refractivity contribution in [3.63, 3.8) is 0 Å². The molecule has 0 unspecified atom stereocenters. The SMILES string of the molecule is COCCNC(=O)c1c[nH]c2ncc(NC(=O)CCC3CCCC3)cc12. The predicted molar refractivity (Wildman–Crippen MR) is 100 cm³/mol. The minimum absolute atomic E-state index is 0.000295. The number of aromatic amines is 1. The van der Waals surface area contributed by atoms with Crippen molar-refractivity contribution in [3.05, 3.63) is 24.0 Å². The Morgan fingerprint density at radius 3 is 2.92 bits per heavy atom. The average Bonchev–Trinajstić information content (AvgIpc) is 3.29. The second-order valence-electron chi connectivity index (χ2n) is 6.81. The van der Waals surface area contributed by atoms with Gasteiger partial charge in [-0.2, -0.15) is 0 Å². The lowest BCUT2D eigenvalue weighted by Crippen LogP contribution is -2.26. The lowest BCUT2D eigenvalue weighted by atomic mass is 10.0. The summed E-state index contributed by atoms with van der Waals surface area (Å²) in [5.41, 5.74) is 1.73. The minimum atomic E-state index is -0.195. The van der Waals surface area contributed by atoms with E-state index in [0.717, 1.165) is 6.42 Å². The summed E-state index contributed by atoms with van der Waals surface area (Å²) < 4.78 is 4.94. The zero-order chi connectivity index (χ0) is 18.4. The van der Waals surface area contributed by atoms with Gasteiger partial charge in [-0.25, -0.2) is 4.98 Å². The zero-order valence-corrected chi connectivity index (χ0v) is 15.1. The highest BCUT2D eigenvalue weighted by atomic mass is 16.5. The van der Waals surface area contributed by atoms with Crippen molar-refractivity contribution in [2.24, 2.45) is 5.92 Å². The monoisotopic (exact) mass is 358 g/mol. The van der Waals surface area contributed by atoms with Crippen LogP contribution in [0.25, 0.3) is 11.0 Å². The first kappa shape index (κ1) is 18.4. The first-order chi connectivity index (χ1) is 12.7. The molecule has 1 fully saturated rings. The molecule has 1 aliphatic carbocycles. The Hall–Kier alpha value is -2.41. The number of hydrogen-bond donors (Lipinski definition) is 3. The number of pyridine rings is 1. The summed E-state index contributed by atoms with van der Waals surface area (Å²) in [6.45, 7) is 0.891. The predicted octanol–water partition coefficient (Wildman–Crippen LogP) is 2.85. The van der Waals surface area contributed by atoms with Crippen molar-refractivity contribution in [2.45, 2.75) is 38.5 Å². The van der Waals surface area contributed by atoms with Crippen molar-refractivity contribution >= 4 is 28.5 Å². The Morgan fingerprint density at radius 1 is 1.35 bits per heavy atom. The normalized spacial score (nSPS) is 14.7. The molecule has 0 bridgehead atoms. The van der Waals surface area contributed by atoms with Gasteiger partial charge in [-0.3, -0.25) is 9.59 Å². The van der Waals surface area contributed by atoms with Crippen molar-refractivity contribution in [2.75, 3.05) is 25.6 Å². The number of nitrogens with zero attached hydrogens (tertiary/aromatic N) is 1. The summed E-state index contributed by atoms with van der Waals surface area (Å²) in [7, 11) is 1.59. The number of ether oxygens (including phenoxy) is 1. The summed E-state index contributed by atoms with van der Waals surface area (Å²) in [6.07, 6.45) is 9.77. The summed E-state index contributed by atoms with van der Waals surface area (Å²) in [5.74, 6) is 0.493. The van der Waals surface area contributed by atoms with Gasteiger partial charge >= 0.3 is 0 Å². The van der Waals surface area contributed by atoms with Gasteiger partial charge in [-0.05, 0) is 18.4 Å². The first-order valence-corrected chi connectivity index (χ1v) is 9.21. The molecule has 3 N–H and O–H groups in total. The summed E-state index contributed by atoms with van der Waals surface area (Å²) in [4.78, 5) is 31.8. The molecule has 2 aromatic rings. The lowest BCUT2D eigenvalue weighted by molar-refractivity contribution is -0.116. The lowest BCUT2D eigenvalue weighted by Gasteiger charge is -2.09. The fraction of sp³-hybridized carbons (Fsp3) is 0.526. The van der Waals surface area contributed by atoms with Crippen molar-refractivity contribution in [1.29, 1.82) is 0 Å². The quantitative estimate of drug-likeness (QED) is 0.632. The topological polar surface area (TPSA) is 96.1 Å². The molecule has 1 saturated carbocycles. The molecule has 26 heavy (non-hydrogen) atoms. The average molecular weight is 358 g/mol. The molecule has 0 radical (unpaired) electrons. The van der Waals surface area contributed by atoms with Gasteiger partial charge in [0.15, 0.2) is 0 Å². The zero-order valence-electron chi connectivity index (χ0n) is 15.1. The van der Waals surface area contributed by atoms with Crippen LogP contribution in [0.15, 0.2) is 18.5 Å². The Balaban J connectivity index is 1.62. The summed E-state index contributed by atoms with van der Waals surface area (Å²) in [5, 5.41) is 6.38. The fourth-order valence-electron chi connectivity index (χ4n) is 3.48. The van der Waals surface area contributed by atoms with Gasteiger partial charge in [-0.15, -0.1) is 0 Å².